The fourth-order valence-corrected chi connectivity index (χ4v) is 6.55. The minimum Gasteiger partial charge on any atom is -0.508 e. The Morgan fingerprint density at radius 3 is 1.18 bits per heavy atom. The van der Waals surface area contributed by atoms with Crippen LogP contribution in [0.5, 0.6) is 5.75 Å². The molecule has 0 bridgehead atoms. The van der Waals surface area contributed by atoms with Crippen molar-refractivity contribution in [3.63, 3.8) is 0 Å². The van der Waals surface area contributed by atoms with Gasteiger partial charge in [0, 0.05) is 12.0 Å². The van der Waals surface area contributed by atoms with Gasteiger partial charge in [0.1, 0.15) is 5.75 Å². The molecule has 212 valence electrons. The van der Waals surface area contributed by atoms with Crippen molar-refractivity contribution in [3.05, 3.63) is 98.1 Å². The van der Waals surface area contributed by atoms with Gasteiger partial charge in [-0.3, -0.25) is 0 Å². The van der Waals surface area contributed by atoms with Crippen LogP contribution in [-0.2, 0) is 51.4 Å². The molecule has 0 atom stereocenters. The largest absolute Gasteiger partial charge is 0.508 e. The number of phenolic OH excluding ortho intramolecular Hbond substituents is 1. The average molecular weight is 527 g/mol. The maximum absolute atomic E-state index is 11.2. The normalized spacial score (nSPS) is 11.3. The zero-order chi connectivity index (χ0) is 28.2. The molecule has 0 aromatic heterocycles. The maximum Gasteiger partial charge on any atom is 0.119 e. The zero-order valence-corrected chi connectivity index (χ0v) is 25.9. The fraction of sp³-hybridized carbons (Fsp3) is 0.526. The van der Waals surface area contributed by atoms with Crippen LogP contribution in [-0.4, -0.2) is 5.11 Å². The van der Waals surface area contributed by atoms with Gasteiger partial charge in [-0.05, 0) is 101 Å². The van der Waals surface area contributed by atoms with Crippen LogP contribution in [0.4, 0.5) is 0 Å². The molecule has 0 radical (unpaired) electrons. The van der Waals surface area contributed by atoms with E-state index in [9.17, 15) is 5.11 Å². The van der Waals surface area contributed by atoms with E-state index in [1.807, 2.05) is 12.1 Å². The van der Waals surface area contributed by atoms with E-state index in [4.69, 9.17) is 0 Å². The molecule has 0 amide bonds. The highest BCUT2D eigenvalue weighted by molar-refractivity contribution is 5.51. The molecule has 0 saturated carbocycles. The Morgan fingerprint density at radius 1 is 0.385 bits per heavy atom. The van der Waals surface area contributed by atoms with Crippen LogP contribution in [0.2, 0.25) is 0 Å². The summed E-state index contributed by atoms with van der Waals surface area (Å²) in [5, 5.41) is 11.2. The minimum atomic E-state index is 0.443. The number of hydrogen-bond acceptors (Lipinski definition) is 1. The summed E-state index contributed by atoms with van der Waals surface area (Å²) in [4.78, 5) is 0. The number of phenols is 1. The van der Waals surface area contributed by atoms with E-state index in [-0.39, 0.29) is 0 Å². The summed E-state index contributed by atoms with van der Waals surface area (Å²) in [5.74, 6) is 0.443. The Labute approximate surface area is 240 Å². The van der Waals surface area contributed by atoms with Gasteiger partial charge >= 0.3 is 0 Å². The summed E-state index contributed by atoms with van der Waals surface area (Å²) in [5.41, 5.74) is 14.6. The van der Waals surface area contributed by atoms with Crippen LogP contribution in [0.15, 0.2) is 42.5 Å². The van der Waals surface area contributed by atoms with Gasteiger partial charge in [-0.1, -0.05) is 116 Å². The molecule has 0 aliphatic heterocycles. The first kappa shape index (κ1) is 31.0. The van der Waals surface area contributed by atoms with Crippen molar-refractivity contribution in [3.8, 4) is 5.75 Å². The fourth-order valence-electron chi connectivity index (χ4n) is 6.55. The van der Waals surface area contributed by atoms with Gasteiger partial charge in [0.15, 0.2) is 0 Å². The minimum absolute atomic E-state index is 0.443. The van der Waals surface area contributed by atoms with Gasteiger partial charge in [0.2, 0.25) is 0 Å². The molecular formula is C38H54O. The van der Waals surface area contributed by atoms with Crippen molar-refractivity contribution in [2.75, 3.05) is 0 Å². The SMILES string of the molecule is CCCc1ccc(Cc2cccc(O)c2Cc2ccc(CCC)c(CCC)c2CCC)c(CCC)c1CCC. The molecule has 0 spiro atoms. The summed E-state index contributed by atoms with van der Waals surface area (Å²) < 4.78 is 0. The van der Waals surface area contributed by atoms with Gasteiger partial charge in [0.25, 0.3) is 0 Å². The van der Waals surface area contributed by atoms with E-state index in [1.165, 1.54) is 47.9 Å². The van der Waals surface area contributed by atoms with Crippen molar-refractivity contribution in [2.45, 2.75) is 131 Å². The predicted octanol–water partition coefficient (Wildman–Crippen LogP) is 10.3. The first-order valence-electron chi connectivity index (χ1n) is 16.1. The Morgan fingerprint density at radius 2 is 0.744 bits per heavy atom. The molecule has 3 aromatic rings. The first-order valence-corrected chi connectivity index (χ1v) is 16.1. The second-order valence-electron chi connectivity index (χ2n) is 11.5. The van der Waals surface area contributed by atoms with Gasteiger partial charge in [-0.15, -0.1) is 0 Å². The van der Waals surface area contributed by atoms with Crippen molar-refractivity contribution in [2.24, 2.45) is 0 Å². The summed E-state index contributed by atoms with van der Waals surface area (Å²) in [6, 6.07) is 15.7. The third kappa shape index (κ3) is 7.77. The second kappa shape index (κ2) is 15.9. The monoisotopic (exact) mass is 526 g/mol. The van der Waals surface area contributed by atoms with Gasteiger partial charge < -0.3 is 5.11 Å². The van der Waals surface area contributed by atoms with Crippen LogP contribution in [0.3, 0.4) is 0 Å². The summed E-state index contributed by atoms with van der Waals surface area (Å²) >= 11 is 0. The first-order chi connectivity index (χ1) is 19.0. The van der Waals surface area contributed by atoms with Gasteiger partial charge in [-0.25, -0.2) is 0 Å². The number of hydrogen-bond donors (Lipinski definition) is 1. The lowest BCUT2D eigenvalue weighted by Crippen LogP contribution is -2.08. The van der Waals surface area contributed by atoms with E-state index in [2.05, 4.69) is 71.9 Å². The lowest BCUT2D eigenvalue weighted by molar-refractivity contribution is 0.468. The smallest absolute Gasteiger partial charge is 0.119 e. The lowest BCUT2D eigenvalue weighted by atomic mass is 9.83. The zero-order valence-electron chi connectivity index (χ0n) is 25.9. The van der Waals surface area contributed by atoms with Gasteiger partial charge in [-0.2, -0.15) is 0 Å². The van der Waals surface area contributed by atoms with Crippen molar-refractivity contribution < 1.29 is 5.11 Å². The van der Waals surface area contributed by atoms with E-state index in [0.717, 1.165) is 69.8 Å². The summed E-state index contributed by atoms with van der Waals surface area (Å²) in [7, 11) is 0. The highest BCUT2D eigenvalue weighted by atomic mass is 16.3. The van der Waals surface area contributed by atoms with Crippen LogP contribution >= 0.6 is 0 Å². The van der Waals surface area contributed by atoms with Crippen LogP contribution in [0.1, 0.15) is 136 Å². The number of aryl methyl sites for hydroxylation is 2. The molecule has 1 heteroatoms. The second-order valence-corrected chi connectivity index (χ2v) is 11.5. The molecule has 39 heavy (non-hydrogen) atoms. The van der Waals surface area contributed by atoms with Gasteiger partial charge in [0.05, 0.1) is 0 Å². The average Bonchev–Trinajstić information content (AvgIpc) is 2.92. The summed E-state index contributed by atoms with van der Waals surface area (Å²) in [6.45, 7) is 13.8. The van der Waals surface area contributed by atoms with Crippen molar-refractivity contribution >= 4 is 0 Å². The Balaban J connectivity index is 2.09. The highest BCUT2D eigenvalue weighted by Crippen LogP contribution is 2.33. The van der Waals surface area contributed by atoms with Crippen molar-refractivity contribution in [1.82, 2.24) is 0 Å². The number of aromatic hydroxyl groups is 1. The van der Waals surface area contributed by atoms with Crippen LogP contribution < -0.4 is 0 Å². The molecule has 0 aliphatic carbocycles. The molecule has 0 saturated heterocycles. The van der Waals surface area contributed by atoms with Crippen LogP contribution in [0, 0.1) is 0 Å². The van der Waals surface area contributed by atoms with E-state index >= 15 is 0 Å². The van der Waals surface area contributed by atoms with Crippen molar-refractivity contribution in [1.29, 1.82) is 0 Å². The Bertz CT molecular complexity index is 1190. The highest BCUT2D eigenvalue weighted by Gasteiger charge is 2.18. The Kier molecular flexibility index (Phi) is 12.6. The molecule has 0 fully saturated rings. The van der Waals surface area contributed by atoms with E-state index in [0.29, 0.717) is 5.75 Å². The molecule has 1 nitrogen and oxygen atoms in total. The molecule has 1 N–H and O–H groups in total. The quantitative estimate of drug-likeness (QED) is 0.197. The lowest BCUT2D eigenvalue weighted by Gasteiger charge is -2.22. The molecule has 0 aliphatic rings. The number of rotatable bonds is 16. The third-order valence-electron chi connectivity index (χ3n) is 8.29. The third-order valence-corrected chi connectivity index (χ3v) is 8.29. The molecule has 0 unspecified atom stereocenters. The number of benzene rings is 3. The molecule has 3 rings (SSSR count). The standard InChI is InChI=1S/C38H54O/c1-7-14-28-22-24-31(35(18-11-5)33(28)16-9-3)26-30-20-13-21-38(39)37(30)27-32-25-23-29(15-8-2)34(17-10-4)36(32)19-12-6/h13,20-25,39H,7-12,14-19,26-27H2,1-6H3. The summed E-state index contributed by atoms with van der Waals surface area (Å²) in [6.07, 6.45) is 15.6. The van der Waals surface area contributed by atoms with E-state index in [1.54, 1.807) is 27.8 Å². The molecule has 3 aromatic carbocycles. The molecular weight excluding hydrogens is 472 g/mol. The predicted molar refractivity (Wildman–Crippen MR) is 171 cm³/mol. The van der Waals surface area contributed by atoms with E-state index < -0.39 is 0 Å². The topological polar surface area (TPSA) is 20.2 Å². The Hall–Kier alpha value is -2.54. The maximum atomic E-state index is 11.2. The molecule has 0 heterocycles. The van der Waals surface area contributed by atoms with Crippen LogP contribution in [0.25, 0.3) is 0 Å².